The standard InChI is InChI=1S/C12H13ClN4O3S/c1-2-5-21-12-14-10(13)9(17(18)19)11(15-12)16-7-3-4-8(6-7)20-16/h3-4,7-8H,2,5-6H2,1H3/t7-,8-/m1/s1. The largest absolute Gasteiger partial charge is 0.350 e. The third kappa shape index (κ3) is 2.70. The molecular formula is C12H13ClN4O3S. The van der Waals surface area contributed by atoms with Crippen LogP contribution in [-0.4, -0.2) is 32.8 Å². The highest BCUT2D eigenvalue weighted by Crippen LogP contribution is 2.40. The molecule has 1 aliphatic carbocycles. The Labute approximate surface area is 130 Å². The van der Waals surface area contributed by atoms with Crippen LogP contribution in [0.3, 0.4) is 0 Å². The first kappa shape index (κ1) is 14.6. The molecule has 2 bridgehead atoms. The van der Waals surface area contributed by atoms with Crippen LogP contribution in [0.4, 0.5) is 11.5 Å². The zero-order valence-corrected chi connectivity index (χ0v) is 12.8. The quantitative estimate of drug-likeness (QED) is 0.205. The minimum atomic E-state index is -0.564. The summed E-state index contributed by atoms with van der Waals surface area (Å²) < 4.78 is 0. The SMILES string of the molecule is CCCSc1nc(Cl)c([N+](=O)[O-])c(N2O[C@@H]3C=C[C@@H]2C3)n1. The maximum absolute atomic E-state index is 11.3. The van der Waals surface area contributed by atoms with E-state index in [1.165, 1.54) is 16.8 Å². The van der Waals surface area contributed by atoms with Gasteiger partial charge in [0.1, 0.15) is 6.10 Å². The number of hydrogen-bond acceptors (Lipinski definition) is 7. The fourth-order valence-electron chi connectivity index (χ4n) is 2.30. The van der Waals surface area contributed by atoms with E-state index in [0.29, 0.717) is 5.16 Å². The first-order chi connectivity index (χ1) is 10.1. The van der Waals surface area contributed by atoms with Gasteiger partial charge in [0, 0.05) is 12.2 Å². The maximum atomic E-state index is 11.3. The Kier molecular flexibility index (Phi) is 4.01. The number of hydroxylamine groups is 1. The Balaban J connectivity index is 2.01. The molecule has 1 fully saturated rings. The second-order valence-corrected chi connectivity index (χ2v) is 6.15. The highest BCUT2D eigenvalue weighted by molar-refractivity contribution is 7.99. The van der Waals surface area contributed by atoms with Crippen molar-refractivity contribution in [1.29, 1.82) is 0 Å². The number of nitrogens with zero attached hydrogens (tertiary/aromatic N) is 4. The Morgan fingerprint density at radius 1 is 1.57 bits per heavy atom. The molecule has 3 rings (SSSR count). The van der Waals surface area contributed by atoms with Crippen molar-refractivity contribution in [2.45, 2.75) is 37.1 Å². The van der Waals surface area contributed by atoms with Crippen LogP contribution in [0, 0.1) is 10.1 Å². The lowest BCUT2D eigenvalue weighted by atomic mass is 10.2. The van der Waals surface area contributed by atoms with Crippen LogP contribution >= 0.6 is 23.4 Å². The molecule has 21 heavy (non-hydrogen) atoms. The summed E-state index contributed by atoms with van der Waals surface area (Å²) in [4.78, 5) is 24.6. The third-order valence-electron chi connectivity index (χ3n) is 3.20. The molecule has 112 valence electrons. The van der Waals surface area contributed by atoms with Crippen LogP contribution < -0.4 is 5.06 Å². The van der Waals surface area contributed by atoms with E-state index in [0.717, 1.165) is 18.6 Å². The van der Waals surface area contributed by atoms with Crippen LogP contribution in [0.1, 0.15) is 19.8 Å². The van der Waals surface area contributed by atoms with Gasteiger partial charge in [0.05, 0.1) is 11.0 Å². The summed E-state index contributed by atoms with van der Waals surface area (Å²) in [6.45, 7) is 2.04. The van der Waals surface area contributed by atoms with E-state index in [9.17, 15) is 10.1 Å². The van der Waals surface area contributed by atoms with E-state index in [2.05, 4.69) is 9.97 Å². The molecule has 0 spiro atoms. The van der Waals surface area contributed by atoms with Gasteiger partial charge in [-0.25, -0.2) is 10.0 Å². The summed E-state index contributed by atoms with van der Waals surface area (Å²) in [5, 5.41) is 13.0. The molecule has 0 aromatic carbocycles. The highest BCUT2D eigenvalue weighted by atomic mass is 35.5. The van der Waals surface area contributed by atoms with E-state index in [1.54, 1.807) is 0 Å². The van der Waals surface area contributed by atoms with Crippen molar-refractivity contribution < 1.29 is 9.76 Å². The monoisotopic (exact) mass is 328 g/mol. The molecule has 1 aliphatic heterocycles. The number of thioether (sulfide) groups is 1. The fraction of sp³-hybridized carbons (Fsp3) is 0.500. The second kappa shape index (κ2) is 5.78. The van der Waals surface area contributed by atoms with Gasteiger partial charge in [-0.1, -0.05) is 42.4 Å². The molecule has 0 unspecified atom stereocenters. The predicted octanol–water partition coefficient (Wildman–Crippen LogP) is 2.99. The van der Waals surface area contributed by atoms with Crippen molar-refractivity contribution in [1.82, 2.24) is 9.97 Å². The zero-order chi connectivity index (χ0) is 15.0. The Hall–Kier alpha value is -1.38. The molecule has 1 aromatic rings. The van der Waals surface area contributed by atoms with E-state index < -0.39 is 4.92 Å². The van der Waals surface area contributed by atoms with Gasteiger partial charge < -0.3 is 0 Å². The minimum Gasteiger partial charge on any atom is -0.264 e. The van der Waals surface area contributed by atoms with Crippen molar-refractivity contribution in [3.63, 3.8) is 0 Å². The van der Waals surface area contributed by atoms with Crippen molar-refractivity contribution in [2.24, 2.45) is 0 Å². The second-order valence-electron chi connectivity index (χ2n) is 4.73. The molecule has 0 radical (unpaired) electrons. The van der Waals surface area contributed by atoms with Crippen LogP contribution in [0.15, 0.2) is 17.3 Å². The molecule has 2 atom stereocenters. The number of rotatable bonds is 5. The number of fused-ring (bicyclic) bond motifs is 2. The highest BCUT2D eigenvalue weighted by Gasteiger charge is 2.41. The molecule has 2 aliphatic rings. The fourth-order valence-corrected chi connectivity index (χ4v) is 3.27. The molecular weight excluding hydrogens is 316 g/mol. The summed E-state index contributed by atoms with van der Waals surface area (Å²) in [5.74, 6) is 0.955. The van der Waals surface area contributed by atoms with Crippen molar-refractivity contribution in [3.8, 4) is 0 Å². The lowest BCUT2D eigenvalue weighted by Gasteiger charge is -2.23. The molecule has 0 saturated carbocycles. The van der Waals surface area contributed by atoms with E-state index in [4.69, 9.17) is 16.4 Å². The normalized spacial score (nSPS) is 23.0. The summed E-state index contributed by atoms with van der Waals surface area (Å²) in [7, 11) is 0. The van der Waals surface area contributed by atoms with Gasteiger partial charge in [0.15, 0.2) is 5.16 Å². The number of aromatic nitrogens is 2. The average Bonchev–Trinajstić information content (AvgIpc) is 3.06. The van der Waals surface area contributed by atoms with Gasteiger partial charge >= 0.3 is 5.69 Å². The summed E-state index contributed by atoms with van der Waals surface area (Å²) in [6, 6.07) is -0.0382. The average molecular weight is 329 g/mol. The summed E-state index contributed by atoms with van der Waals surface area (Å²) in [5.41, 5.74) is -0.307. The molecule has 7 nitrogen and oxygen atoms in total. The predicted molar refractivity (Wildman–Crippen MR) is 79.6 cm³/mol. The van der Waals surface area contributed by atoms with Crippen molar-refractivity contribution in [3.05, 3.63) is 27.4 Å². The van der Waals surface area contributed by atoms with E-state index in [1.807, 2.05) is 19.1 Å². The van der Waals surface area contributed by atoms with Gasteiger partial charge in [-0.05, 0) is 6.42 Å². The van der Waals surface area contributed by atoms with Gasteiger partial charge in [-0.15, -0.1) is 0 Å². The zero-order valence-electron chi connectivity index (χ0n) is 11.2. The number of nitro groups is 1. The van der Waals surface area contributed by atoms with Gasteiger partial charge in [-0.2, -0.15) is 4.98 Å². The molecule has 1 saturated heterocycles. The maximum Gasteiger partial charge on any atom is 0.350 e. The number of hydrogen-bond donors (Lipinski definition) is 0. The molecule has 0 amide bonds. The third-order valence-corrected chi connectivity index (χ3v) is 4.52. The van der Waals surface area contributed by atoms with Crippen LogP contribution in [0.5, 0.6) is 0 Å². The van der Waals surface area contributed by atoms with E-state index >= 15 is 0 Å². The molecule has 2 heterocycles. The number of anilines is 1. The Morgan fingerprint density at radius 3 is 2.95 bits per heavy atom. The van der Waals surface area contributed by atoms with Crippen LogP contribution in [0.25, 0.3) is 0 Å². The van der Waals surface area contributed by atoms with Gasteiger partial charge in [-0.3, -0.25) is 15.0 Å². The van der Waals surface area contributed by atoms with Gasteiger partial charge in [0.25, 0.3) is 0 Å². The van der Waals surface area contributed by atoms with Crippen molar-refractivity contribution in [2.75, 3.05) is 10.8 Å². The topological polar surface area (TPSA) is 81.4 Å². The molecule has 9 heteroatoms. The summed E-state index contributed by atoms with van der Waals surface area (Å²) in [6.07, 6.45) is 5.59. The lowest BCUT2D eigenvalue weighted by Crippen LogP contribution is -2.30. The number of halogens is 1. The minimum absolute atomic E-state index is 0.0382. The van der Waals surface area contributed by atoms with Crippen LogP contribution in [0.2, 0.25) is 5.15 Å². The summed E-state index contributed by atoms with van der Waals surface area (Å²) >= 11 is 7.40. The van der Waals surface area contributed by atoms with Crippen LogP contribution in [-0.2, 0) is 4.84 Å². The first-order valence-corrected chi connectivity index (χ1v) is 7.95. The smallest absolute Gasteiger partial charge is 0.264 e. The van der Waals surface area contributed by atoms with E-state index in [-0.39, 0.29) is 28.8 Å². The Bertz CT molecular complexity index is 612. The van der Waals surface area contributed by atoms with Crippen molar-refractivity contribution >= 4 is 34.9 Å². The lowest BCUT2D eigenvalue weighted by molar-refractivity contribution is -0.384. The molecule has 1 aromatic heterocycles. The Morgan fingerprint density at radius 2 is 2.38 bits per heavy atom. The van der Waals surface area contributed by atoms with Gasteiger partial charge in [0.2, 0.25) is 11.0 Å². The first-order valence-electron chi connectivity index (χ1n) is 6.59. The molecule has 0 N–H and O–H groups in total.